The van der Waals surface area contributed by atoms with Crippen LogP contribution in [-0.2, 0) is 4.84 Å². The predicted molar refractivity (Wildman–Crippen MR) is 55.5 cm³/mol. The molecule has 5 nitrogen and oxygen atoms in total. The van der Waals surface area contributed by atoms with Crippen LogP contribution in [0.1, 0.15) is 10.4 Å². The largest absolute Gasteiger partial charge is 0.383 e. The van der Waals surface area contributed by atoms with Gasteiger partial charge in [0, 0.05) is 17.7 Å². The number of carbonyl (C=O) groups is 1. The van der Waals surface area contributed by atoms with Gasteiger partial charge in [0.2, 0.25) is 0 Å². The molecule has 0 aromatic carbocycles. The minimum absolute atomic E-state index is 0.174. The van der Waals surface area contributed by atoms with Crippen LogP contribution in [0.25, 0.3) is 0 Å². The van der Waals surface area contributed by atoms with Crippen molar-refractivity contribution in [1.29, 1.82) is 0 Å². The number of halogens is 1. The molecule has 0 atom stereocenters. The molecule has 0 aliphatic carbocycles. The molecule has 1 heterocycles. The number of nitrogens with two attached hydrogens (primary N) is 1. The molecule has 76 valence electrons. The van der Waals surface area contributed by atoms with E-state index in [1.807, 2.05) is 0 Å². The Kier molecular flexibility index (Phi) is 3.43. The van der Waals surface area contributed by atoms with E-state index < -0.39 is 0 Å². The summed E-state index contributed by atoms with van der Waals surface area (Å²) in [7, 11) is 2.90. The number of nitrogen functional groups attached to an aromatic ring is 1. The van der Waals surface area contributed by atoms with Crippen LogP contribution in [0.15, 0.2) is 16.7 Å². The molecule has 0 saturated heterocycles. The van der Waals surface area contributed by atoms with E-state index in [2.05, 4.69) is 20.9 Å². The molecule has 6 heteroatoms. The summed E-state index contributed by atoms with van der Waals surface area (Å²) in [5.74, 6) is -0.168. The van der Waals surface area contributed by atoms with Crippen LogP contribution in [0, 0.1) is 0 Å². The summed E-state index contributed by atoms with van der Waals surface area (Å²) in [5.41, 5.74) is 5.87. The summed E-state index contributed by atoms with van der Waals surface area (Å²) in [6.45, 7) is 0. The lowest BCUT2D eigenvalue weighted by Gasteiger charge is -2.15. The van der Waals surface area contributed by atoms with Gasteiger partial charge in [-0.1, -0.05) is 0 Å². The first kappa shape index (κ1) is 10.9. The zero-order chi connectivity index (χ0) is 10.7. The van der Waals surface area contributed by atoms with Crippen molar-refractivity contribution in [2.45, 2.75) is 0 Å². The Morgan fingerprint density at radius 1 is 1.71 bits per heavy atom. The Hall–Kier alpha value is -1.14. The van der Waals surface area contributed by atoms with E-state index in [0.29, 0.717) is 10.0 Å². The van der Waals surface area contributed by atoms with Crippen molar-refractivity contribution in [3.8, 4) is 0 Å². The number of hydroxylamine groups is 2. The first-order valence-corrected chi connectivity index (χ1v) is 4.59. The van der Waals surface area contributed by atoms with Crippen molar-refractivity contribution >= 4 is 27.7 Å². The van der Waals surface area contributed by atoms with Crippen LogP contribution in [0.5, 0.6) is 0 Å². The van der Waals surface area contributed by atoms with Crippen LogP contribution in [-0.4, -0.2) is 30.1 Å². The first-order valence-electron chi connectivity index (χ1n) is 3.80. The Morgan fingerprint density at radius 3 is 2.86 bits per heavy atom. The van der Waals surface area contributed by atoms with E-state index >= 15 is 0 Å². The maximum absolute atomic E-state index is 11.7. The van der Waals surface area contributed by atoms with Crippen LogP contribution in [0.4, 0.5) is 5.82 Å². The summed E-state index contributed by atoms with van der Waals surface area (Å²) in [6.07, 6.45) is 1.52. The van der Waals surface area contributed by atoms with E-state index in [-0.39, 0.29) is 11.7 Å². The fourth-order valence-corrected chi connectivity index (χ4v) is 1.40. The molecule has 0 radical (unpaired) electrons. The maximum Gasteiger partial charge on any atom is 0.282 e. The third kappa shape index (κ3) is 2.02. The van der Waals surface area contributed by atoms with Gasteiger partial charge in [-0.2, -0.15) is 0 Å². The van der Waals surface area contributed by atoms with Gasteiger partial charge in [0.05, 0.1) is 12.7 Å². The molecule has 0 saturated carbocycles. The molecule has 14 heavy (non-hydrogen) atoms. The zero-order valence-corrected chi connectivity index (χ0v) is 9.41. The second kappa shape index (κ2) is 4.39. The van der Waals surface area contributed by atoms with E-state index in [4.69, 9.17) is 10.6 Å². The third-order valence-electron chi connectivity index (χ3n) is 1.70. The fraction of sp³-hybridized carbons (Fsp3) is 0.250. The van der Waals surface area contributed by atoms with Crippen molar-refractivity contribution < 1.29 is 9.63 Å². The molecule has 0 spiro atoms. The first-order chi connectivity index (χ1) is 6.57. The predicted octanol–water partition coefficient (Wildman–Crippen LogP) is 1.06. The standard InChI is InChI=1S/C8H10BrN3O2/c1-12(14-2)8(13)6-5(9)3-4-11-7(6)10/h3-4H,1-2H3,(H2,10,11). The second-order valence-corrected chi connectivity index (χ2v) is 3.39. The molecule has 1 aromatic rings. The SMILES string of the molecule is CON(C)C(=O)c1c(Br)ccnc1N. The van der Waals surface area contributed by atoms with E-state index in [0.717, 1.165) is 5.06 Å². The number of carbonyl (C=O) groups excluding carboxylic acids is 1. The van der Waals surface area contributed by atoms with E-state index in [1.54, 1.807) is 6.07 Å². The molecular weight excluding hydrogens is 250 g/mol. The maximum atomic E-state index is 11.7. The number of nitrogens with zero attached hydrogens (tertiary/aromatic N) is 2. The van der Waals surface area contributed by atoms with Crippen molar-refractivity contribution in [3.63, 3.8) is 0 Å². The zero-order valence-electron chi connectivity index (χ0n) is 7.82. The topological polar surface area (TPSA) is 68.5 Å². The van der Waals surface area contributed by atoms with Crippen LogP contribution < -0.4 is 5.73 Å². The van der Waals surface area contributed by atoms with Gasteiger partial charge >= 0.3 is 0 Å². The second-order valence-electron chi connectivity index (χ2n) is 2.54. The van der Waals surface area contributed by atoms with Crippen molar-refractivity contribution in [2.24, 2.45) is 0 Å². The van der Waals surface area contributed by atoms with Gasteiger partial charge in [0.1, 0.15) is 5.82 Å². The summed E-state index contributed by atoms with van der Waals surface area (Å²) >= 11 is 3.22. The van der Waals surface area contributed by atoms with Gasteiger partial charge in [0.15, 0.2) is 0 Å². The van der Waals surface area contributed by atoms with Gasteiger partial charge in [-0.3, -0.25) is 9.63 Å². The highest BCUT2D eigenvalue weighted by Gasteiger charge is 2.18. The molecule has 2 N–H and O–H groups in total. The summed E-state index contributed by atoms with van der Waals surface area (Å²) in [5, 5.41) is 1.08. The summed E-state index contributed by atoms with van der Waals surface area (Å²) in [6, 6.07) is 1.65. The lowest BCUT2D eigenvalue weighted by molar-refractivity contribution is -0.0757. The highest BCUT2D eigenvalue weighted by molar-refractivity contribution is 9.10. The summed E-state index contributed by atoms with van der Waals surface area (Å²) < 4.78 is 0.596. The number of amides is 1. The lowest BCUT2D eigenvalue weighted by Crippen LogP contribution is -2.26. The molecule has 1 rings (SSSR count). The summed E-state index contributed by atoms with van der Waals surface area (Å²) in [4.78, 5) is 20.2. The van der Waals surface area contributed by atoms with Gasteiger partial charge in [-0.05, 0) is 22.0 Å². The number of hydrogen-bond donors (Lipinski definition) is 1. The molecule has 0 aliphatic heterocycles. The van der Waals surface area contributed by atoms with Crippen molar-refractivity contribution in [1.82, 2.24) is 10.0 Å². The van der Waals surface area contributed by atoms with Crippen molar-refractivity contribution in [2.75, 3.05) is 19.9 Å². The molecular formula is C8H10BrN3O2. The Bertz CT molecular complexity index is 336. The molecule has 1 amide bonds. The average Bonchev–Trinajstić information content (AvgIpc) is 2.16. The molecule has 0 aliphatic rings. The number of pyridine rings is 1. The lowest BCUT2D eigenvalue weighted by atomic mass is 10.2. The Balaban J connectivity index is 3.12. The van der Waals surface area contributed by atoms with E-state index in [9.17, 15) is 4.79 Å². The average molecular weight is 260 g/mol. The molecule has 0 unspecified atom stereocenters. The number of aromatic nitrogens is 1. The molecule has 0 fully saturated rings. The Morgan fingerprint density at radius 2 is 2.36 bits per heavy atom. The Labute approximate surface area is 89.9 Å². The molecule has 1 aromatic heterocycles. The van der Waals surface area contributed by atoms with Gasteiger partial charge in [0.25, 0.3) is 5.91 Å². The van der Waals surface area contributed by atoms with Crippen molar-refractivity contribution in [3.05, 3.63) is 22.3 Å². The fourth-order valence-electron chi connectivity index (χ4n) is 0.905. The van der Waals surface area contributed by atoms with Crippen LogP contribution >= 0.6 is 15.9 Å². The van der Waals surface area contributed by atoms with Crippen LogP contribution in [0.2, 0.25) is 0 Å². The highest BCUT2D eigenvalue weighted by Crippen LogP contribution is 2.21. The minimum atomic E-state index is -0.343. The number of rotatable bonds is 2. The van der Waals surface area contributed by atoms with Crippen LogP contribution in [0.3, 0.4) is 0 Å². The van der Waals surface area contributed by atoms with Gasteiger partial charge in [-0.15, -0.1) is 0 Å². The normalized spacial score (nSPS) is 9.93. The monoisotopic (exact) mass is 259 g/mol. The number of hydrogen-bond acceptors (Lipinski definition) is 4. The van der Waals surface area contributed by atoms with Gasteiger partial charge < -0.3 is 5.73 Å². The smallest absolute Gasteiger partial charge is 0.282 e. The number of anilines is 1. The molecule has 0 bridgehead atoms. The third-order valence-corrected chi connectivity index (χ3v) is 2.36. The minimum Gasteiger partial charge on any atom is -0.383 e. The van der Waals surface area contributed by atoms with E-state index in [1.165, 1.54) is 20.4 Å². The quantitative estimate of drug-likeness (QED) is 0.807. The van der Waals surface area contributed by atoms with Gasteiger partial charge in [-0.25, -0.2) is 10.0 Å². The highest BCUT2D eigenvalue weighted by atomic mass is 79.9.